The fraction of sp³-hybridized carbons (Fsp3) is 0.965. The van der Waals surface area contributed by atoms with Crippen LogP contribution in [0.3, 0.4) is 0 Å². The van der Waals surface area contributed by atoms with Gasteiger partial charge in [-0.3, -0.25) is 9.59 Å². The average Bonchev–Trinajstić information content (AvgIpc) is 0.770. The number of nitrogens with one attached hydrogen (secondary N) is 2. The Morgan fingerprint density at radius 2 is 0.660 bits per heavy atom. The molecule has 9 aliphatic rings. The molecule has 2 unspecified atom stereocenters. The van der Waals surface area contributed by atoms with Crippen molar-refractivity contribution in [3.63, 3.8) is 0 Å². The molecular formula is C57H96N2O44. The molecule has 0 spiro atoms. The molecule has 598 valence electrons. The predicted octanol–water partition coefficient (Wildman–Crippen LogP) is -18.7. The number of hydrogen-bond acceptors (Lipinski definition) is 44. The van der Waals surface area contributed by atoms with Crippen molar-refractivity contribution in [2.24, 2.45) is 0 Å². The van der Waals surface area contributed by atoms with Crippen LogP contribution in [0.2, 0.25) is 0 Å². The fourth-order valence-electron chi connectivity index (χ4n) is 13.3. The standard InChI is InChI=1S/C57H96N2O44/c1-12-25(69)33(77)38(82)52(89-12)99-44-24(59-14(3)67)49(86)90-21(9-65)43(44)98-50-23(58-13(2)66)32(76)42(20(8-64)95-50)97-57-48(102-51-37(81)26(70)15(68)10-87-51)46(101-54-40(84)35(79)28(72)17(5-61)92-54)31(75)22(96-57)11-88-56-47(103-55-41(85)36(80)29(73)18(6-62)93-55)45(30(74)19(7-63)94-56)100-53-39(83)34(78)27(71)16(4-60)91-53/h12,15-57,60-65,68-86H,4-11H2,1-3H3,(H,58,66)(H,59,67)/t12-,15+,16+,17+,18+,19+,20+,21+,22+,23+,24+,25+,26-,27+,28+,29+,30+,31+,32+,33+,34-,35-,36-,37+,38-,39-,40-,41-,42+,43+,44+,45-,46-,47-,48-,49?,50-,51?,52-,53+,54+,55+,56-,57-/m0/s1. The summed E-state index contributed by atoms with van der Waals surface area (Å²) in [7, 11) is 0. The SMILES string of the molecule is CC(=O)N[C@H]1[C@H](O[C@H]2[C@H](O[C@@H]3O[C@@H](C)[C@@H](O)[C@@H](O)[C@@H]3O)[C@@H](NC(C)=O)C(O)O[C@@H]2CO)O[C@H](CO)[C@@H](O[C@@H]2O[C@H](CO[C@H]3O[C@H](CO)[C@@H](O)[C@H](O[C@H]4O[C@H](CO)[C@@H](O)[C@H](O)[C@@H]4O)[C@@H]3O[C@H]3O[C@H](CO)[C@@H](O)[C@H](O)[C@@H]3O)[C@@H](O)[C@H](O[C@H]3O[C@H](CO)[C@@H](O)[C@H](O)[C@@H]3O)[C@@H]2OC2OC[C@@H](O)[C@H](O)[C@H]2O)[C@@H]1O. The van der Waals surface area contributed by atoms with E-state index in [2.05, 4.69) is 10.6 Å². The highest BCUT2D eigenvalue weighted by atomic mass is 16.8. The first-order valence-electron chi connectivity index (χ1n) is 32.9. The minimum Gasteiger partial charge on any atom is -0.394 e. The van der Waals surface area contributed by atoms with Gasteiger partial charge in [0.25, 0.3) is 0 Å². The van der Waals surface area contributed by atoms with E-state index in [0.29, 0.717) is 0 Å². The molecule has 9 rings (SSSR count). The molecular weight excluding hydrogens is 1420 g/mol. The fourth-order valence-corrected chi connectivity index (χ4v) is 13.3. The summed E-state index contributed by atoms with van der Waals surface area (Å²) in [4.78, 5) is 26.0. The Labute approximate surface area is 582 Å². The van der Waals surface area contributed by atoms with Crippen molar-refractivity contribution >= 4 is 11.8 Å². The number of aliphatic hydroxyl groups is 25. The molecule has 9 aliphatic heterocycles. The summed E-state index contributed by atoms with van der Waals surface area (Å²) in [5.41, 5.74) is 0. The maximum absolute atomic E-state index is 13.3. The third-order valence-electron chi connectivity index (χ3n) is 19.1. The average molecular weight is 1510 g/mol. The number of aliphatic hydroxyl groups excluding tert-OH is 25. The van der Waals surface area contributed by atoms with Crippen LogP contribution in [0.5, 0.6) is 0 Å². The van der Waals surface area contributed by atoms with Gasteiger partial charge in [0.05, 0.1) is 59.0 Å². The van der Waals surface area contributed by atoms with Crippen molar-refractivity contribution in [2.45, 2.75) is 291 Å². The quantitative estimate of drug-likeness (QED) is 0.0404. The van der Waals surface area contributed by atoms with Crippen molar-refractivity contribution in [2.75, 3.05) is 52.9 Å². The van der Waals surface area contributed by atoms with Crippen LogP contribution in [0, 0.1) is 0 Å². The number of rotatable bonds is 25. The van der Waals surface area contributed by atoms with Crippen molar-refractivity contribution in [1.29, 1.82) is 0 Å². The molecule has 0 radical (unpaired) electrons. The second-order valence-corrected chi connectivity index (χ2v) is 26.2. The molecule has 46 nitrogen and oxygen atoms in total. The molecule has 2 amide bonds. The summed E-state index contributed by atoms with van der Waals surface area (Å²) in [6.07, 6.45) is -87.5. The summed E-state index contributed by atoms with van der Waals surface area (Å²) in [6, 6.07) is -3.77. The molecule has 0 bridgehead atoms. The molecule has 44 atom stereocenters. The molecule has 0 aliphatic carbocycles. The molecule has 46 heteroatoms. The van der Waals surface area contributed by atoms with Crippen LogP contribution in [0.1, 0.15) is 20.8 Å². The van der Waals surface area contributed by atoms with Crippen LogP contribution >= 0.6 is 0 Å². The normalized spacial score (nSPS) is 51.6. The van der Waals surface area contributed by atoms with Crippen LogP contribution in [-0.4, -0.2) is 462 Å². The van der Waals surface area contributed by atoms with E-state index >= 15 is 0 Å². The van der Waals surface area contributed by atoms with Crippen molar-refractivity contribution in [3.05, 3.63) is 0 Å². The first-order valence-corrected chi connectivity index (χ1v) is 32.9. The van der Waals surface area contributed by atoms with E-state index in [0.717, 1.165) is 13.8 Å². The van der Waals surface area contributed by atoms with Crippen molar-refractivity contribution in [1.82, 2.24) is 10.6 Å². The lowest BCUT2D eigenvalue weighted by Crippen LogP contribution is -2.71. The van der Waals surface area contributed by atoms with Crippen molar-refractivity contribution < 1.29 is 218 Å². The van der Waals surface area contributed by atoms with Gasteiger partial charge < -0.3 is 219 Å². The minimum atomic E-state index is -2.47. The monoisotopic (exact) mass is 1510 g/mol. The number of carbonyl (C=O) groups is 2. The number of carbonyl (C=O) groups excluding carboxylic acids is 2. The van der Waals surface area contributed by atoms with Crippen LogP contribution in [0.15, 0.2) is 0 Å². The van der Waals surface area contributed by atoms with Gasteiger partial charge in [-0.05, 0) is 6.92 Å². The smallest absolute Gasteiger partial charge is 0.217 e. The topological polar surface area (TPSA) is 721 Å². The maximum Gasteiger partial charge on any atom is 0.217 e. The molecule has 9 fully saturated rings. The highest BCUT2D eigenvalue weighted by Crippen LogP contribution is 2.41. The first-order chi connectivity index (χ1) is 48.7. The van der Waals surface area contributed by atoms with Gasteiger partial charge in [-0.2, -0.15) is 0 Å². The molecule has 9 saturated heterocycles. The van der Waals surface area contributed by atoms with E-state index in [4.69, 9.17) is 80.5 Å². The Balaban J connectivity index is 1.11. The third kappa shape index (κ3) is 18.2. The van der Waals surface area contributed by atoms with Gasteiger partial charge >= 0.3 is 0 Å². The second-order valence-electron chi connectivity index (χ2n) is 26.2. The lowest BCUT2D eigenvalue weighted by atomic mass is 9.93. The van der Waals surface area contributed by atoms with Gasteiger partial charge in [-0.1, -0.05) is 0 Å². The van der Waals surface area contributed by atoms with E-state index in [1.54, 1.807) is 0 Å². The second kappa shape index (κ2) is 36.4. The Bertz CT molecular complexity index is 2640. The Morgan fingerprint density at radius 1 is 0.311 bits per heavy atom. The van der Waals surface area contributed by atoms with E-state index in [1.807, 2.05) is 0 Å². The summed E-state index contributed by atoms with van der Waals surface area (Å²) < 4.78 is 101. The molecule has 9 heterocycles. The number of ether oxygens (including phenoxy) is 17. The largest absolute Gasteiger partial charge is 0.394 e. The number of hydrogen-bond donors (Lipinski definition) is 27. The van der Waals surface area contributed by atoms with E-state index < -0.39 is 335 Å². The summed E-state index contributed by atoms with van der Waals surface area (Å²) in [5.74, 6) is -1.83. The van der Waals surface area contributed by atoms with Gasteiger partial charge in [0, 0.05) is 13.8 Å². The van der Waals surface area contributed by atoms with Crippen LogP contribution in [0.4, 0.5) is 0 Å². The molecule has 27 N–H and O–H groups in total. The Hall–Kier alpha value is -2.74. The Morgan fingerprint density at radius 3 is 1.15 bits per heavy atom. The molecule has 103 heavy (non-hydrogen) atoms. The van der Waals surface area contributed by atoms with E-state index in [1.165, 1.54) is 6.92 Å². The van der Waals surface area contributed by atoms with Gasteiger partial charge in [-0.25, -0.2) is 0 Å². The molecule has 0 aromatic rings. The van der Waals surface area contributed by atoms with Gasteiger partial charge in [-0.15, -0.1) is 0 Å². The summed E-state index contributed by atoms with van der Waals surface area (Å²) >= 11 is 0. The maximum atomic E-state index is 13.3. The van der Waals surface area contributed by atoms with Crippen molar-refractivity contribution in [3.8, 4) is 0 Å². The first kappa shape index (κ1) is 84.3. The molecule has 0 aromatic heterocycles. The van der Waals surface area contributed by atoms with E-state index in [-0.39, 0.29) is 0 Å². The Kier molecular flexibility index (Phi) is 29.8. The number of amides is 2. The van der Waals surface area contributed by atoms with Crippen LogP contribution in [-0.2, 0) is 90.1 Å². The van der Waals surface area contributed by atoms with Gasteiger partial charge in [0.1, 0.15) is 207 Å². The molecule has 0 aromatic carbocycles. The summed E-state index contributed by atoms with van der Waals surface area (Å²) in [6.45, 7) is -5.48. The molecule has 0 saturated carbocycles. The minimum absolute atomic E-state index is 0.808. The van der Waals surface area contributed by atoms with Crippen LogP contribution < -0.4 is 10.6 Å². The zero-order valence-corrected chi connectivity index (χ0v) is 55.0. The van der Waals surface area contributed by atoms with E-state index in [9.17, 15) is 137 Å². The highest BCUT2D eigenvalue weighted by molar-refractivity contribution is 5.73. The van der Waals surface area contributed by atoms with Crippen LogP contribution in [0.25, 0.3) is 0 Å². The third-order valence-corrected chi connectivity index (χ3v) is 19.1. The van der Waals surface area contributed by atoms with Gasteiger partial charge in [0.2, 0.25) is 11.8 Å². The predicted molar refractivity (Wildman–Crippen MR) is 313 cm³/mol. The zero-order valence-electron chi connectivity index (χ0n) is 55.0. The van der Waals surface area contributed by atoms with Gasteiger partial charge in [0.15, 0.2) is 56.6 Å². The lowest BCUT2D eigenvalue weighted by molar-refractivity contribution is -0.409. The summed E-state index contributed by atoms with van der Waals surface area (Å²) in [5, 5.41) is 280. The zero-order chi connectivity index (χ0) is 75.6. The highest BCUT2D eigenvalue weighted by Gasteiger charge is 2.61. The lowest BCUT2D eigenvalue weighted by Gasteiger charge is -2.52.